The first-order valence-corrected chi connectivity index (χ1v) is 4.11. The monoisotopic (exact) mass is 173 g/mol. The van der Waals surface area contributed by atoms with Crippen molar-refractivity contribution in [1.82, 2.24) is 4.90 Å². The minimum atomic E-state index is -0.560. The highest BCUT2D eigenvalue weighted by molar-refractivity contribution is 4.88. The molecule has 1 heterocycles. The van der Waals surface area contributed by atoms with Crippen LogP contribution in [0, 0.1) is 10.1 Å². The maximum atomic E-state index is 10.3. The maximum absolute atomic E-state index is 10.3. The van der Waals surface area contributed by atoms with E-state index in [9.17, 15) is 10.1 Å². The third-order valence-corrected chi connectivity index (χ3v) is 2.43. The van der Waals surface area contributed by atoms with E-state index in [1.54, 1.807) is 0 Å². The van der Waals surface area contributed by atoms with Crippen LogP contribution in [0.25, 0.3) is 0 Å². The number of likely N-dealkylation sites (tertiary alicyclic amines) is 1. The van der Waals surface area contributed by atoms with Gasteiger partial charge in [-0.25, -0.2) is 0 Å². The van der Waals surface area contributed by atoms with Crippen LogP contribution in [0.4, 0.5) is 0 Å². The molecular formula is C7H15N3O2. The molecule has 0 aromatic rings. The molecule has 0 amide bonds. The molecule has 1 rings (SSSR count). The lowest BCUT2D eigenvalue weighted by molar-refractivity contribution is -0.490. The van der Waals surface area contributed by atoms with Gasteiger partial charge in [-0.2, -0.15) is 0 Å². The number of hydrogen-bond donors (Lipinski definition) is 1. The minimum absolute atomic E-state index is 0.0964. The van der Waals surface area contributed by atoms with E-state index in [0.717, 1.165) is 25.9 Å². The first-order valence-electron chi connectivity index (χ1n) is 4.11. The Balaban J connectivity index is 2.44. The van der Waals surface area contributed by atoms with Gasteiger partial charge < -0.3 is 10.6 Å². The second-order valence-corrected chi connectivity index (χ2v) is 3.66. The van der Waals surface area contributed by atoms with Gasteiger partial charge in [0, 0.05) is 4.92 Å². The molecule has 1 aliphatic heterocycles. The fraction of sp³-hybridized carbons (Fsp3) is 1.00. The number of nitrogens with two attached hydrogens (primary N) is 1. The van der Waals surface area contributed by atoms with E-state index in [1.165, 1.54) is 0 Å². The van der Waals surface area contributed by atoms with Crippen LogP contribution in [0.15, 0.2) is 0 Å². The third kappa shape index (κ3) is 2.42. The van der Waals surface area contributed by atoms with Gasteiger partial charge >= 0.3 is 0 Å². The molecule has 0 unspecified atom stereocenters. The lowest BCUT2D eigenvalue weighted by Crippen LogP contribution is -2.53. The minimum Gasteiger partial charge on any atom is -0.320 e. The van der Waals surface area contributed by atoms with Gasteiger partial charge in [-0.1, -0.05) is 0 Å². The van der Waals surface area contributed by atoms with Gasteiger partial charge in [-0.05, 0) is 33.0 Å². The summed E-state index contributed by atoms with van der Waals surface area (Å²) in [5, 5.41) is 10.3. The number of piperidine rings is 1. The van der Waals surface area contributed by atoms with Crippen molar-refractivity contribution in [2.45, 2.75) is 18.4 Å². The predicted octanol–water partition coefficient (Wildman–Crippen LogP) is -0.314. The van der Waals surface area contributed by atoms with E-state index in [-0.39, 0.29) is 11.5 Å². The number of hydrogen-bond acceptors (Lipinski definition) is 4. The van der Waals surface area contributed by atoms with Crippen molar-refractivity contribution < 1.29 is 4.92 Å². The SMILES string of the molecule is CN1CCC(N)(C[N+](=O)[O-])CC1. The Hall–Kier alpha value is -0.680. The molecular weight excluding hydrogens is 158 g/mol. The van der Waals surface area contributed by atoms with Gasteiger partial charge in [-0.3, -0.25) is 10.1 Å². The van der Waals surface area contributed by atoms with Crippen LogP contribution < -0.4 is 5.73 Å². The fourth-order valence-corrected chi connectivity index (χ4v) is 1.48. The zero-order valence-electron chi connectivity index (χ0n) is 7.32. The van der Waals surface area contributed by atoms with E-state index in [2.05, 4.69) is 4.90 Å². The van der Waals surface area contributed by atoms with Crippen LogP contribution in [-0.2, 0) is 0 Å². The molecule has 5 heteroatoms. The molecule has 12 heavy (non-hydrogen) atoms. The van der Waals surface area contributed by atoms with Crippen molar-refractivity contribution in [1.29, 1.82) is 0 Å². The van der Waals surface area contributed by atoms with E-state index in [4.69, 9.17) is 5.73 Å². The van der Waals surface area contributed by atoms with Crippen molar-refractivity contribution >= 4 is 0 Å². The summed E-state index contributed by atoms with van der Waals surface area (Å²) in [7, 11) is 2.01. The third-order valence-electron chi connectivity index (χ3n) is 2.43. The Morgan fingerprint density at radius 1 is 1.58 bits per heavy atom. The molecule has 1 saturated heterocycles. The smallest absolute Gasteiger partial charge is 0.221 e. The summed E-state index contributed by atoms with van der Waals surface area (Å²) in [5.41, 5.74) is 5.29. The lowest BCUT2D eigenvalue weighted by atomic mass is 9.89. The van der Waals surface area contributed by atoms with E-state index in [0.29, 0.717) is 0 Å². The van der Waals surface area contributed by atoms with Crippen LogP contribution in [0.1, 0.15) is 12.8 Å². The summed E-state index contributed by atoms with van der Waals surface area (Å²) < 4.78 is 0. The molecule has 2 N–H and O–H groups in total. The highest BCUT2D eigenvalue weighted by Crippen LogP contribution is 2.18. The normalized spacial score (nSPS) is 23.8. The van der Waals surface area contributed by atoms with Crippen LogP contribution in [0.2, 0.25) is 0 Å². The maximum Gasteiger partial charge on any atom is 0.221 e. The predicted molar refractivity (Wildman–Crippen MR) is 45.5 cm³/mol. The zero-order valence-corrected chi connectivity index (χ0v) is 7.32. The Morgan fingerprint density at radius 3 is 2.50 bits per heavy atom. The second kappa shape index (κ2) is 3.37. The summed E-state index contributed by atoms with van der Waals surface area (Å²) in [6.45, 7) is 1.63. The molecule has 0 radical (unpaired) electrons. The average molecular weight is 173 g/mol. The Bertz CT molecular complexity index is 175. The first-order chi connectivity index (χ1) is 5.52. The fourth-order valence-electron chi connectivity index (χ4n) is 1.48. The Morgan fingerprint density at radius 2 is 2.08 bits per heavy atom. The first kappa shape index (κ1) is 9.41. The highest BCUT2D eigenvalue weighted by Gasteiger charge is 2.34. The average Bonchev–Trinajstić information content (AvgIpc) is 1.94. The second-order valence-electron chi connectivity index (χ2n) is 3.66. The van der Waals surface area contributed by atoms with Gasteiger partial charge in [-0.15, -0.1) is 0 Å². The molecule has 0 saturated carbocycles. The molecule has 0 aromatic heterocycles. The van der Waals surface area contributed by atoms with Crippen LogP contribution in [0.3, 0.4) is 0 Å². The standard InChI is InChI=1S/C7H15N3O2/c1-9-4-2-7(8,3-5-9)6-10(11)12/h2-6,8H2,1H3. The summed E-state index contributed by atoms with van der Waals surface area (Å²) in [5.74, 6) is 0. The summed E-state index contributed by atoms with van der Waals surface area (Å²) >= 11 is 0. The summed E-state index contributed by atoms with van der Waals surface area (Å²) in [4.78, 5) is 12.1. The van der Waals surface area contributed by atoms with Crippen LogP contribution in [0.5, 0.6) is 0 Å². The lowest BCUT2D eigenvalue weighted by Gasteiger charge is -2.34. The van der Waals surface area contributed by atoms with Gasteiger partial charge in [0.1, 0.15) is 0 Å². The van der Waals surface area contributed by atoms with E-state index < -0.39 is 5.54 Å². The topological polar surface area (TPSA) is 72.4 Å². The quantitative estimate of drug-likeness (QED) is 0.459. The molecule has 0 atom stereocenters. The Labute approximate surface area is 71.7 Å². The van der Waals surface area contributed by atoms with Gasteiger partial charge in [0.2, 0.25) is 6.54 Å². The molecule has 0 spiro atoms. The number of rotatable bonds is 2. The van der Waals surface area contributed by atoms with Gasteiger partial charge in [0.15, 0.2) is 0 Å². The van der Waals surface area contributed by atoms with Crippen LogP contribution in [-0.4, -0.2) is 42.0 Å². The van der Waals surface area contributed by atoms with Crippen molar-refractivity contribution in [3.05, 3.63) is 10.1 Å². The molecule has 5 nitrogen and oxygen atoms in total. The zero-order chi connectivity index (χ0) is 9.19. The molecule has 1 aliphatic rings. The van der Waals surface area contributed by atoms with E-state index in [1.807, 2.05) is 7.05 Å². The molecule has 0 bridgehead atoms. The van der Waals surface area contributed by atoms with Crippen molar-refractivity contribution in [3.63, 3.8) is 0 Å². The molecule has 0 aromatic carbocycles. The summed E-state index contributed by atoms with van der Waals surface area (Å²) in [6, 6.07) is 0. The largest absolute Gasteiger partial charge is 0.320 e. The Kier molecular flexibility index (Phi) is 2.64. The van der Waals surface area contributed by atoms with Crippen LogP contribution >= 0.6 is 0 Å². The highest BCUT2D eigenvalue weighted by atomic mass is 16.6. The van der Waals surface area contributed by atoms with Gasteiger partial charge in [0.05, 0.1) is 5.54 Å². The molecule has 1 fully saturated rings. The van der Waals surface area contributed by atoms with E-state index >= 15 is 0 Å². The van der Waals surface area contributed by atoms with Gasteiger partial charge in [0.25, 0.3) is 0 Å². The van der Waals surface area contributed by atoms with Crippen molar-refractivity contribution in [2.75, 3.05) is 26.7 Å². The number of nitrogens with zero attached hydrogens (tertiary/aromatic N) is 2. The molecule has 70 valence electrons. The van der Waals surface area contributed by atoms with Crippen molar-refractivity contribution in [2.24, 2.45) is 5.73 Å². The van der Waals surface area contributed by atoms with Crippen molar-refractivity contribution in [3.8, 4) is 0 Å². The number of nitro groups is 1. The molecule has 0 aliphatic carbocycles. The summed E-state index contributed by atoms with van der Waals surface area (Å²) in [6.07, 6.45) is 1.45.